The molecule has 0 radical (unpaired) electrons. The molecule has 0 aliphatic rings. The minimum absolute atomic E-state index is 0.0231. The van der Waals surface area contributed by atoms with Crippen LogP contribution >= 0.6 is 0 Å². The van der Waals surface area contributed by atoms with Crippen molar-refractivity contribution in [3.05, 3.63) is 54.0 Å². The average molecular weight is 310 g/mol. The summed E-state index contributed by atoms with van der Waals surface area (Å²) in [5.74, 6) is 0.200. The number of halogens is 3. The van der Waals surface area contributed by atoms with E-state index in [2.05, 4.69) is 15.3 Å². The van der Waals surface area contributed by atoms with E-state index in [1.165, 1.54) is 0 Å². The highest BCUT2D eigenvalue weighted by molar-refractivity contribution is 5.39. The van der Waals surface area contributed by atoms with E-state index >= 15 is 0 Å². The first-order valence-electron chi connectivity index (χ1n) is 6.71. The Hall–Kier alpha value is -2.15. The van der Waals surface area contributed by atoms with E-state index in [9.17, 15) is 13.2 Å². The van der Waals surface area contributed by atoms with Gasteiger partial charge in [-0.1, -0.05) is 6.07 Å². The molecule has 0 bridgehead atoms. The first-order valence-corrected chi connectivity index (χ1v) is 6.71. The largest absolute Gasteiger partial charge is 0.416 e. The van der Waals surface area contributed by atoms with Crippen LogP contribution in [-0.2, 0) is 6.18 Å². The van der Waals surface area contributed by atoms with Gasteiger partial charge < -0.3 is 10.2 Å². The maximum Gasteiger partial charge on any atom is 0.416 e. The Balaban J connectivity index is 2.11. The summed E-state index contributed by atoms with van der Waals surface area (Å²) in [7, 11) is 3.80. The smallest absolute Gasteiger partial charge is 0.368 e. The third-order valence-corrected chi connectivity index (χ3v) is 3.26. The van der Waals surface area contributed by atoms with Crippen molar-refractivity contribution in [3.8, 4) is 0 Å². The van der Waals surface area contributed by atoms with Crippen LogP contribution in [0.25, 0.3) is 0 Å². The predicted octanol–water partition coefficient (Wildman–Crippen LogP) is 3.21. The lowest BCUT2D eigenvalue weighted by atomic mass is 10.1. The van der Waals surface area contributed by atoms with Crippen LogP contribution in [0.2, 0.25) is 0 Å². The molecule has 0 saturated heterocycles. The van der Waals surface area contributed by atoms with Gasteiger partial charge in [-0.3, -0.25) is 4.98 Å². The summed E-state index contributed by atoms with van der Waals surface area (Å²) in [5, 5.41) is 2.96. The van der Waals surface area contributed by atoms with Gasteiger partial charge in [-0.2, -0.15) is 13.2 Å². The molecule has 2 aromatic rings. The Morgan fingerprint density at radius 1 is 1.23 bits per heavy atom. The summed E-state index contributed by atoms with van der Waals surface area (Å²) in [6.45, 7) is 0.424. The second-order valence-electron chi connectivity index (χ2n) is 5.07. The normalized spacial score (nSPS) is 13.2. The Labute approximate surface area is 127 Å². The van der Waals surface area contributed by atoms with Crippen molar-refractivity contribution in [2.45, 2.75) is 12.2 Å². The Kier molecular flexibility index (Phi) is 4.97. The van der Waals surface area contributed by atoms with Crippen LogP contribution in [-0.4, -0.2) is 35.5 Å². The molecule has 0 amide bonds. The van der Waals surface area contributed by atoms with Crippen LogP contribution in [0.1, 0.15) is 17.2 Å². The van der Waals surface area contributed by atoms with Gasteiger partial charge in [0.2, 0.25) is 0 Å². The number of alkyl halides is 3. The molecule has 0 aliphatic heterocycles. The van der Waals surface area contributed by atoms with Crippen molar-refractivity contribution >= 4 is 5.82 Å². The molecule has 0 aromatic carbocycles. The third-order valence-electron chi connectivity index (χ3n) is 3.26. The lowest BCUT2D eigenvalue weighted by Gasteiger charge is -2.25. The summed E-state index contributed by atoms with van der Waals surface area (Å²) in [4.78, 5) is 9.97. The Bertz CT molecular complexity index is 599. The monoisotopic (exact) mass is 310 g/mol. The van der Waals surface area contributed by atoms with Crippen molar-refractivity contribution in [1.29, 1.82) is 0 Å². The zero-order chi connectivity index (χ0) is 16.2. The Morgan fingerprint density at radius 3 is 2.59 bits per heavy atom. The molecule has 4 nitrogen and oxygen atoms in total. The zero-order valence-corrected chi connectivity index (χ0v) is 12.3. The van der Waals surface area contributed by atoms with Crippen molar-refractivity contribution in [2.24, 2.45) is 0 Å². The van der Waals surface area contributed by atoms with Crippen LogP contribution < -0.4 is 5.32 Å². The van der Waals surface area contributed by atoms with Gasteiger partial charge in [0.15, 0.2) is 0 Å². The summed E-state index contributed by atoms with van der Waals surface area (Å²) in [5.41, 5.74) is 0.264. The maximum atomic E-state index is 12.7. The predicted molar refractivity (Wildman–Crippen MR) is 78.4 cm³/mol. The third kappa shape index (κ3) is 4.17. The molecule has 0 aliphatic carbocycles. The van der Waals surface area contributed by atoms with E-state index in [4.69, 9.17) is 0 Å². The molecular weight excluding hydrogens is 293 g/mol. The Morgan fingerprint density at radius 2 is 2.00 bits per heavy atom. The fourth-order valence-electron chi connectivity index (χ4n) is 2.08. The summed E-state index contributed by atoms with van der Waals surface area (Å²) < 4.78 is 38.1. The quantitative estimate of drug-likeness (QED) is 0.921. The number of pyridine rings is 2. The molecule has 0 saturated carbocycles. The first kappa shape index (κ1) is 16.2. The van der Waals surface area contributed by atoms with Crippen LogP contribution in [0, 0.1) is 0 Å². The fourth-order valence-corrected chi connectivity index (χ4v) is 2.08. The molecule has 7 heteroatoms. The highest BCUT2D eigenvalue weighted by atomic mass is 19.4. The summed E-state index contributed by atoms with van der Waals surface area (Å²) >= 11 is 0. The van der Waals surface area contributed by atoms with Crippen LogP contribution in [0.5, 0.6) is 0 Å². The van der Waals surface area contributed by atoms with Gasteiger partial charge in [-0.25, -0.2) is 4.98 Å². The number of nitrogens with one attached hydrogen (secondary N) is 1. The molecule has 118 valence electrons. The highest BCUT2D eigenvalue weighted by Gasteiger charge is 2.30. The lowest BCUT2D eigenvalue weighted by molar-refractivity contribution is -0.137. The van der Waals surface area contributed by atoms with E-state index in [1.54, 1.807) is 12.4 Å². The van der Waals surface area contributed by atoms with Crippen LogP contribution in [0.15, 0.2) is 42.9 Å². The second kappa shape index (κ2) is 6.74. The zero-order valence-electron chi connectivity index (χ0n) is 12.3. The van der Waals surface area contributed by atoms with Crippen LogP contribution in [0.4, 0.5) is 19.0 Å². The molecule has 1 N–H and O–H groups in total. The van der Waals surface area contributed by atoms with E-state index in [1.807, 2.05) is 31.1 Å². The van der Waals surface area contributed by atoms with Crippen molar-refractivity contribution in [2.75, 3.05) is 26.0 Å². The number of nitrogens with zero attached hydrogens (tertiary/aromatic N) is 3. The molecule has 0 unspecified atom stereocenters. The molecule has 0 spiro atoms. The molecule has 2 rings (SSSR count). The van der Waals surface area contributed by atoms with E-state index < -0.39 is 11.7 Å². The van der Waals surface area contributed by atoms with Crippen molar-refractivity contribution in [3.63, 3.8) is 0 Å². The highest BCUT2D eigenvalue weighted by Crippen LogP contribution is 2.30. The number of aromatic nitrogens is 2. The van der Waals surface area contributed by atoms with Gasteiger partial charge in [0.05, 0.1) is 11.6 Å². The van der Waals surface area contributed by atoms with E-state index in [0.29, 0.717) is 6.54 Å². The van der Waals surface area contributed by atoms with E-state index in [0.717, 1.165) is 23.9 Å². The number of anilines is 1. The van der Waals surface area contributed by atoms with Crippen molar-refractivity contribution < 1.29 is 13.2 Å². The first-order chi connectivity index (χ1) is 10.4. The van der Waals surface area contributed by atoms with Crippen LogP contribution in [0.3, 0.4) is 0 Å². The molecule has 2 heterocycles. The molecule has 1 atom stereocenters. The molecular formula is C15H17F3N4. The number of likely N-dealkylation sites (N-methyl/N-ethyl adjacent to an activating group) is 1. The number of rotatable bonds is 5. The molecule has 2 aromatic heterocycles. The van der Waals surface area contributed by atoms with Crippen molar-refractivity contribution in [1.82, 2.24) is 14.9 Å². The SMILES string of the molecule is CN(C)[C@H](CNc1cc(C(F)(F)F)ccn1)c1cccnc1. The maximum absolute atomic E-state index is 12.7. The summed E-state index contributed by atoms with van der Waals surface area (Å²) in [6.07, 6.45) is 0.202. The molecule has 0 fully saturated rings. The van der Waals surface area contributed by atoms with Gasteiger partial charge in [-0.15, -0.1) is 0 Å². The number of hydrogen-bond donors (Lipinski definition) is 1. The lowest BCUT2D eigenvalue weighted by Crippen LogP contribution is -2.27. The van der Waals surface area contributed by atoms with E-state index in [-0.39, 0.29) is 11.9 Å². The number of hydrogen-bond acceptors (Lipinski definition) is 4. The summed E-state index contributed by atoms with van der Waals surface area (Å²) in [6, 6.07) is 5.70. The van der Waals surface area contributed by atoms with Gasteiger partial charge in [0, 0.05) is 25.1 Å². The van der Waals surface area contributed by atoms with Gasteiger partial charge in [-0.05, 0) is 37.9 Å². The molecule has 22 heavy (non-hydrogen) atoms. The minimum Gasteiger partial charge on any atom is -0.368 e. The fraction of sp³-hybridized carbons (Fsp3) is 0.333. The second-order valence-corrected chi connectivity index (χ2v) is 5.07. The topological polar surface area (TPSA) is 41.0 Å². The minimum atomic E-state index is -4.37. The van der Waals surface area contributed by atoms with Gasteiger partial charge >= 0.3 is 6.18 Å². The average Bonchev–Trinajstić information content (AvgIpc) is 2.48. The van der Waals surface area contributed by atoms with Gasteiger partial charge in [0.1, 0.15) is 5.82 Å². The standard InChI is InChI=1S/C15H17F3N4/c1-22(2)13(11-4-3-6-19-9-11)10-21-14-8-12(5-7-20-14)15(16,17)18/h3-9,13H,10H2,1-2H3,(H,20,21)/t13-/m1/s1. The van der Waals surface area contributed by atoms with Gasteiger partial charge in [0.25, 0.3) is 0 Å².